The zero-order valence-corrected chi connectivity index (χ0v) is 12.4. The second-order valence-corrected chi connectivity index (χ2v) is 5.57. The number of likely N-dealkylation sites (tertiary alicyclic amines) is 1. The Morgan fingerprint density at radius 1 is 1.62 bits per heavy atom. The van der Waals surface area contributed by atoms with E-state index in [0.717, 1.165) is 12.8 Å². The molecule has 2 atom stereocenters. The molecule has 2 rings (SSSR count). The zero-order valence-electron chi connectivity index (χ0n) is 12.4. The van der Waals surface area contributed by atoms with Crippen molar-refractivity contribution in [1.29, 1.82) is 0 Å². The summed E-state index contributed by atoms with van der Waals surface area (Å²) in [6.45, 7) is 5.34. The van der Waals surface area contributed by atoms with Gasteiger partial charge in [-0.25, -0.2) is 0 Å². The van der Waals surface area contributed by atoms with Crippen LogP contribution in [0.4, 0.5) is 5.69 Å². The fourth-order valence-corrected chi connectivity index (χ4v) is 2.73. The van der Waals surface area contributed by atoms with E-state index in [-0.39, 0.29) is 17.5 Å². The smallest absolute Gasteiger partial charge is 0.287 e. The van der Waals surface area contributed by atoms with Gasteiger partial charge in [0.2, 0.25) is 0 Å². The van der Waals surface area contributed by atoms with Crippen molar-refractivity contribution in [3.8, 4) is 0 Å². The van der Waals surface area contributed by atoms with Gasteiger partial charge >= 0.3 is 0 Å². The molecule has 0 aromatic carbocycles. The van der Waals surface area contributed by atoms with Crippen LogP contribution in [0.3, 0.4) is 0 Å². The van der Waals surface area contributed by atoms with Crippen molar-refractivity contribution in [3.05, 3.63) is 28.1 Å². The van der Waals surface area contributed by atoms with Crippen molar-refractivity contribution in [1.82, 2.24) is 9.47 Å². The van der Waals surface area contributed by atoms with Crippen LogP contribution in [0.1, 0.15) is 37.2 Å². The fraction of sp³-hybridized carbons (Fsp3) is 0.643. The quantitative estimate of drug-likeness (QED) is 0.660. The van der Waals surface area contributed by atoms with Crippen molar-refractivity contribution in [2.24, 2.45) is 5.92 Å². The Morgan fingerprint density at radius 3 is 2.86 bits per heavy atom. The van der Waals surface area contributed by atoms with E-state index in [1.807, 2.05) is 6.92 Å². The highest BCUT2D eigenvalue weighted by atomic mass is 16.6. The van der Waals surface area contributed by atoms with Crippen LogP contribution < -0.4 is 0 Å². The van der Waals surface area contributed by atoms with E-state index >= 15 is 0 Å². The summed E-state index contributed by atoms with van der Waals surface area (Å²) in [5.74, 6) is -0.113. The number of nitrogens with zero attached hydrogens (tertiary/aromatic N) is 3. The van der Waals surface area contributed by atoms with Crippen LogP contribution in [0.2, 0.25) is 0 Å². The number of hydrogen-bond donors (Lipinski definition) is 1. The molecule has 7 nitrogen and oxygen atoms in total. The van der Waals surface area contributed by atoms with Crippen LogP contribution in [0.15, 0.2) is 12.3 Å². The van der Waals surface area contributed by atoms with Gasteiger partial charge < -0.3 is 14.6 Å². The molecule has 0 spiro atoms. The Morgan fingerprint density at radius 2 is 2.33 bits per heavy atom. The van der Waals surface area contributed by atoms with Gasteiger partial charge in [0.1, 0.15) is 5.69 Å². The molecule has 7 heteroatoms. The van der Waals surface area contributed by atoms with Crippen molar-refractivity contribution >= 4 is 11.6 Å². The van der Waals surface area contributed by atoms with E-state index in [1.165, 1.54) is 12.3 Å². The molecule has 1 fully saturated rings. The molecular formula is C14H21N3O4. The van der Waals surface area contributed by atoms with E-state index < -0.39 is 11.0 Å². The van der Waals surface area contributed by atoms with Gasteiger partial charge in [0, 0.05) is 31.6 Å². The van der Waals surface area contributed by atoms with Gasteiger partial charge in [0.15, 0.2) is 0 Å². The van der Waals surface area contributed by atoms with Gasteiger partial charge in [-0.2, -0.15) is 0 Å². The van der Waals surface area contributed by atoms with Gasteiger partial charge in [0.25, 0.3) is 11.6 Å². The number of hydrogen-bond acceptors (Lipinski definition) is 4. The first-order valence-electron chi connectivity index (χ1n) is 7.26. The predicted octanol–water partition coefficient (Wildman–Crippen LogP) is 1.65. The maximum atomic E-state index is 12.5. The van der Waals surface area contributed by atoms with Crippen molar-refractivity contribution in [3.63, 3.8) is 0 Å². The van der Waals surface area contributed by atoms with Gasteiger partial charge in [-0.1, -0.05) is 6.92 Å². The standard InChI is InChI=1S/C14H21N3O4/c1-3-5-15-9-12(17(20)21)7-13(15)14(19)16-6-4-11(8-16)10(2)18/h7,9-11,18H,3-6,8H2,1-2H3. The summed E-state index contributed by atoms with van der Waals surface area (Å²) in [7, 11) is 0. The van der Waals surface area contributed by atoms with Gasteiger partial charge in [-0.05, 0) is 19.8 Å². The minimum Gasteiger partial charge on any atom is -0.393 e. The second kappa shape index (κ2) is 6.26. The van der Waals surface area contributed by atoms with Crippen LogP contribution in [-0.4, -0.2) is 44.6 Å². The maximum Gasteiger partial charge on any atom is 0.287 e. The third kappa shape index (κ3) is 3.24. The van der Waals surface area contributed by atoms with E-state index in [9.17, 15) is 20.0 Å². The summed E-state index contributed by atoms with van der Waals surface area (Å²) in [6, 6.07) is 1.34. The largest absolute Gasteiger partial charge is 0.393 e. The van der Waals surface area contributed by atoms with E-state index in [1.54, 1.807) is 16.4 Å². The van der Waals surface area contributed by atoms with Crippen molar-refractivity contribution < 1.29 is 14.8 Å². The number of carbonyl (C=O) groups is 1. The number of amides is 1. The first kappa shape index (κ1) is 15.5. The van der Waals surface area contributed by atoms with Crippen molar-refractivity contribution in [2.45, 2.75) is 39.3 Å². The third-order valence-corrected chi connectivity index (χ3v) is 3.97. The zero-order chi connectivity index (χ0) is 15.6. The molecule has 0 aliphatic carbocycles. The second-order valence-electron chi connectivity index (χ2n) is 5.57. The predicted molar refractivity (Wildman–Crippen MR) is 77.1 cm³/mol. The molecule has 0 bridgehead atoms. The molecule has 0 radical (unpaired) electrons. The highest BCUT2D eigenvalue weighted by molar-refractivity contribution is 5.93. The Kier molecular flexibility index (Phi) is 4.62. The van der Waals surface area contributed by atoms with Crippen molar-refractivity contribution in [2.75, 3.05) is 13.1 Å². The molecule has 1 aromatic rings. The van der Waals surface area contributed by atoms with E-state index in [4.69, 9.17) is 0 Å². The average molecular weight is 295 g/mol. The Labute approximate surface area is 123 Å². The highest BCUT2D eigenvalue weighted by Crippen LogP contribution is 2.24. The van der Waals surface area contributed by atoms with Crippen LogP contribution >= 0.6 is 0 Å². The van der Waals surface area contributed by atoms with E-state index in [2.05, 4.69) is 0 Å². The maximum absolute atomic E-state index is 12.5. The molecule has 1 aliphatic heterocycles. The number of carbonyl (C=O) groups excluding carboxylic acids is 1. The lowest BCUT2D eigenvalue weighted by atomic mass is 10.0. The van der Waals surface area contributed by atoms with Gasteiger partial charge in [-0.3, -0.25) is 14.9 Å². The van der Waals surface area contributed by atoms with Crippen LogP contribution in [0, 0.1) is 16.0 Å². The lowest BCUT2D eigenvalue weighted by Gasteiger charge is -2.18. The minimum atomic E-state index is -0.481. The topological polar surface area (TPSA) is 88.6 Å². The first-order chi connectivity index (χ1) is 9.93. The molecule has 116 valence electrons. The molecule has 1 aliphatic rings. The Bertz CT molecular complexity index is 538. The molecule has 2 unspecified atom stereocenters. The number of aromatic nitrogens is 1. The van der Waals surface area contributed by atoms with Gasteiger partial charge in [0.05, 0.1) is 17.2 Å². The number of aliphatic hydroxyl groups excluding tert-OH is 1. The summed E-state index contributed by atoms with van der Waals surface area (Å²) < 4.78 is 1.65. The first-order valence-corrected chi connectivity index (χ1v) is 7.26. The summed E-state index contributed by atoms with van der Waals surface area (Å²) in [5, 5.41) is 20.5. The lowest BCUT2D eigenvalue weighted by molar-refractivity contribution is -0.384. The Hall–Kier alpha value is -1.89. The van der Waals surface area contributed by atoms with E-state index in [0.29, 0.717) is 25.3 Å². The number of nitro groups is 1. The average Bonchev–Trinajstić information content (AvgIpc) is 3.05. The minimum absolute atomic E-state index is 0.0573. The monoisotopic (exact) mass is 295 g/mol. The molecule has 0 saturated carbocycles. The highest BCUT2D eigenvalue weighted by Gasteiger charge is 2.31. The molecule has 1 N–H and O–H groups in total. The Balaban J connectivity index is 2.20. The molecule has 1 aromatic heterocycles. The normalized spacial score (nSPS) is 19.8. The molecule has 2 heterocycles. The lowest BCUT2D eigenvalue weighted by Crippen LogP contribution is -2.31. The summed E-state index contributed by atoms with van der Waals surface area (Å²) in [6.07, 6.45) is 2.53. The van der Waals surface area contributed by atoms with Crippen LogP contribution in [0.5, 0.6) is 0 Å². The van der Waals surface area contributed by atoms with Gasteiger partial charge in [-0.15, -0.1) is 0 Å². The molecule has 21 heavy (non-hydrogen) atoms. The number of aliphatic hydroxyl groups is 1. The molecule has 1 amide bonds. The van der Waals surface area contributed by atoms with Crippen LogP contribution in [0.25, 0.3) is 0 Å². The SMILES string of the molecule is CCCn1cc([N+](=O)[O-])cc1C(=O)N1CCC(C(C)O)C1. The summed E-state index contributed by atoms with van der Waals surface area (Å²) >= 11 is 0. The molecular weight excluding hydrogens is 274 g/mol. The summed E-state index contributed by atoms with van der Waals surface area (Å²) in [5.41, 5.74) is 0.299. The number of rotatable bonds is 5. The summed E-state index contributed by atoms with van der Waals surface area (Å²) in [4.78, 5) is 24.6. The molecule has 1 saturated heterocycles. The third-order valence-electron chi connectivity index (χ3n) is 3.97. The van der Waals surface area contributed by atoms with Crippen LogP contribution in [-0.2, 0) is 6.54 Å². The number of aryl methyl sites for hydroxylation is 1. The fourth-order valence-electron chi connectivity index (χ4n) is 2.73.